The summed E-state index contributed by atoms with van der Waals surface area (Å²) in [6.07, 6.45) is 3.06. The fourth-order valence-electron chi connectivity index (χ4n) is 3.82. The number of carbonyl (C=O) groups excluding carboxylic acids is 2. The van der Waals surface area contributed by atoms with Gasteiger partial charge in [-0.3, -0.25) is 19.5 Å². The number of halogens is 1. The topological polar surface area (TPSA) is 121 Å². The molecule has 1 aliphatic heterocycles. The number of aliphatic hydroxyl groups is 1. The average Bonchev–Trinajstić information content (AvgIpc) is 3.37. The summed E-state index contributed by atoms with van der Waals surface area (Å²) in [6, 6.07) is 13.1. The fourth-order valence-corrected chi connectivity index (χ4v) is 5.04. The third-order valence-electron chi connectivity index (χ3n) is 5.37. The maximum absolute atomic E-state index is 13.2. The number of carboxylic acid groups (broad SMARTS) is 1. The van der Waals surface area contributed by atoms with Gasteiger partial charge in [0.05, 0.1) is 27.4 Å². The van der Waals surface area contributed by atoms with Gasteiger partial charge < -0.3 is 10.2 Å². The van der Waals surface area contributed by atoms with Crippen molar-refractivity contribution in [2.24, 2.45) is 0 Å². The number of carboxylic acids is 1. The number of aliphatic hydroxyl groups excluding tert-OH is 1. The number of rotatable bonds is 4. The first-order chi connectivity index (χ1) is 16.3. The number of Topliss-reactive ketones (excluding diaryl/α,β-unsaturated/α-hetero) is 1. The number of anilines is 1. The molecule has 0 saturated carbocycles. The van der Waals surface area contributed by atoms with Crippen LogP contribution in [0.5, 0.6) is 0 Å². The Hall–Kier alpha value is -4.08. The number of hydrogen-bond acceptors (Lipinski definition) is 7. The second kappa shape index (κ2) is 8.36. The van der Waals surface area contributed by atoms with Crippen molar-refractivity contribution in [3.05, 3.63) is 94.3 Å². The van der Waals surface area contributed by atoms with E-state index in [0.717, 1.165) is 11.3 Å². The van der Waals surface area contributed by atoms with Crippen molar-refractivity contribution in [2.45, 2.75) is 6.04 Å². The number of aromatic carboxylic acids is 1. The van der Waals surface area contributed by atoms with Crippen LogP contribution in [-0.2, 0) is 9.59 Å². The second-order valence-electron chi connectivity index (χ2n) is 7.45. The molecule has 5 rings (SSSR count). The minimum Gasteiger partial charge on any atom is -0.507 e. The van der Waals surface area contributed by atoms with Gasteiger partial charge >= 0.3 is 11.9 Å². The van der Waals surface area contributed by atoms with Crippen molar-refractivity contribution in [1.29, 1.82) is 0 Å². The van der Waals surface area contributed by atoms with Gasteiger partial charge in [-0.2, -0.15) is 0 Å². The maximum Gasteiger partial charge on any atom is 0.335 e. The highest BCUT2D eigenvalue weighted by molar-refractivity contribution is 7.22. The fraction of sp³-hybridized carbons (Fsp3) is 0.0417. The van der Waals surface area contributed by atoms with E-state index in [2.05, 4.69) is 9.97 Å². The predicted octanol–water partition coefficient (Wildman–Crippen LogP) is 4.67. The molecule has 1 saturated heterocycles. The Labute approximate surface area is 201 Å². The lowest BCUT2D eigenvalue weighted by Gasteiger charge is -2.22. The molecule has 0 aliphatic carbocycles. The number of fused-ring (bicyclic) bond motifs is 1. The number of amides is 1. The monoisotopic (exact) mass is 491 g/mol. The predicted molar refractivity (Wildman–Crippen MR) is 127 cm³/mol. The van der Waals surface area contributed by atoms with Crippen molar-refractivity contribution < 1.29 is 24.6 Å². The van der Waals surface area contributed by atoms with E-state index < -0.39 is 23.7 Å². The van der Waals surface area contributed by atoms with E-state index in [4.69, 9.17) is 11.6 Å². The molecule has 168 valence electrons. The molecule has 2 N–H and O–H groups in total. The van der Waals surface area contributed by atoms with Gasteiger partial charge in [0.1, 0.15) is 5.76 Å². The molecule has 2 aromatic heterocycles. The van der Waals surface area contributed by atoms with Gasteiger partial charge in [-0.15, -0.1) is 0 Å². The highest BCUT2D eigenvalue weighted by Gasteiger charge is 2.48. The minimum atomic E-state index is -1.09. The Kier molecular flexibility index (Phi) is 5.35. The zero-order valence-electron chi connectivity index (χ0n) is 17.2. The van der Waals surface area contributed by atoms with Crippen molar-refractivity contribution in [3.63, 3.8) is 0 Å². The third-order valence-corrected chi connectivity index (χ3v) is 6.63. The van der Waals surface area contributed by atoms with E-state index >= 15 is 0 Å². The molecule has 1 fully saturated rings. The van der Waals surface area contributed by atoms with Crippen molar-refractivity contribution >= 4 is 61.7 Å². The average molecular weight is 492 g/mol. The van der Waals surface area contributed by atoms with Crippen LogP contribution in [0, 0.1) is 0 Å². The Balaban J connectivity index is 1.71. The van der Waals surface area contributed by atoms with Gasteiger partial charge in [-0.1, -0.05) is 41.1 Å². The number of carbonyl (C=O) groups is 3. The van der Waals surface area contributed by atoms with Crippen LogP contribution in [0.15, 0.2) is 72.6 Å². The first-order valence-electron chi connectivity index (χ1n) is 9.96. The summed E-state index contributed by atoms with van der Waals surface area (Å²) in [7, 11) is 0. The molecule has 10 heteroatoms. The molecule has 8 nitrogen and oxygen atoms in total. The largest absolute Gasteiger partial charge is 0.507 e. The van der Waals surface area contributed by atoms with Gasteiger partial charge in [-0.05, 0) is 42.0 Å². The lowest BCUT2D eigenvalue weighted by molar-refractivity contribution is -0.132. The molecule has 4 aromatic rings. The van der Waals surface area contributed by atoms with Gasteiger partial charge in [0.25, 0.3) is 5.78 Å². The number of hydrogen-bond donors (Lipinski definition) is 2. The van der Waals surface area contributed by atoms with Crippen LogP contribution in [0.2, 0.25) is 5.02 Å². The molecule has 2 aromatic carbocycles. The van der Waals surface area contributed by atoms with Crippen molar-refractivity contribution in [3.8, 4) is 0 Å². The summed E-state index contributed by atoms with van der Waals surface area (Å²) in [6.45, 7) is 0. The van der Waals surface area contributed by atoms with Crippen LogP contribution in [0.1, 0.15) is 27.5 Å². The standard InChI is InChI=1S/C24H14ClN3O5S/c25-15-5-1-3-12(9-15)20(29)18-19(14-4-2-8-26-11-14)28(22(31)21(18)30)24-27-16-7-6-13(23(32)33)10-17(16)34-24/h1-11,19,29H,(H,32,33)/b20-18+. The summed E-state index contributed by atoms with van der Waals surface area (Å²) in [4.78, 5) is 47.5. The summed E-state index contributed by atoms with van der Waals surface area (Å²) in [5.41, 5.74) is 1.22. The maximum atomic E-state index is 13.2. The molecule has 3 heterocycles. The molecule has 1 unspecified atom stereocenters. The first kappa shape index (κ1) is 21.7. The minimum absolute atomic E-state index is 0.0783. The smallest absolute Gasteiger partial charge is 0.335 e. The van der Waals surface area contributed by atoms with Crippen LogP contribution >= 0.6 is 22.9 Å². The third kappa shape index (κ3) is 3.60. The summed E-state index contributed by atoms with van der Waals surface area (Å²) < 4.78 is 0.538. The van der Waals surface area contributed by atoms with Crippen molar-refractivity contribution in [2.75, 3.05) is 4.90 Å². The molecule has 0 bridgehead atoms. The number of pyridine rings is 1. The first-order valence-corrected chi connectivity index (χ1v) is 11.2. The number of nitrogens with zero attached hydrogens (tertiary/aromatic N) is 3. The van der Waals surface area contributed by atoms with E-state index in [-0.39, 0.29) is 27.6 Å². The lowest BCUT2D eigenvalue weighted by atomic mass is 9.96. The van der Waals surface area contributed by atoms with Gasteiger partial charge in [0.2, 0.25) is 0 Å². The Bertz CT molecular complexity index is 1520. The number of aromatic nitrogens is 2. The van der Waals surface area contributed by atoms with Crippen LogP contribution in [-0.4, -0.2) is 37.8 Å². The molecular weight excluding hydrogens is 478 g/mol. The van der Waals surface area contributed by atoms with Crippen LogP contribution in [0.4, 0.5) is 5.13 Å². The zero-order valence-corrected chi connectivity index (χ0v) is 18.7. The van der Waals surface area contributed by atoms with E-state index in [9.17, 15) is 24.6 Å². The van der Waals surface area contributed by atoms with Crippen LogP contribution < -0.4 is 4.90 Å². The Morgan fingerprint density at radius 1 is 1.03 bits per heavy atom. The number of benzene rings is 2. The molecule has 0 spiro atoms. The molecular formula is C24H14ClN3O5S. The van der Waals surface area contributed by atoms with E-state index in [1.165, 1.54) is 29.3 Å². The number of ketones is 1. The second-order valence-corrected chi connectivity index (χ2v) is 8.90. The summed E-state index contributed by atoms with van der Waals surface area (Å²) in [5.74, 6) is -3.20. The van der Waals surface area contributed by atoms with Gasteiger partial charge in [-0.25, -0.2) is 9.78 Å². The van der Waals surface area contributed by atoms with Crippen LogP contribution in [0.3, 0.4) is 0 Å². The molecule has 34 heavy (non-hydrogen) atoms. The van der Waals surface area contributed by atoms with E-state index in [0.29, 0.717) is 20.8 Å². The normalized spacial score (nSPS) is 17.4. The van der Waals surface area contributed by atoms with E-state index in [1.807, 2.05) is 0 Å². The Morgan fingerprint density at radius 2 is 1.85 bits per heavy atom. The molecule has 1 aliphatic rings. The highest BCUT2D eigenvalue weighted by atomic mass is 35.5. The van der Waals surface area contributed by atoms with Crippen LogP contribution in [0.25, 0.3) is 16.0 Å². The summed E-state index contributed by atoms with van der Waals surface area (Å²) in [5, 5.41) is 20.9. The van der Waals surface area contributed by atoms with E-state index in [1.54, 1.807) is 42.6 Å². The Morgan fingerprint density at radius 3 is 2.56 bits per heavy atom. The zero-order chi connectivity index (χ0) is 24.0. The van der Waals surface area contributed by atoms with Crippen molar-refractivity contribution in [1.82, 2.24) is 9.97 Å². The van der Waals surface area contributed by atoms with Gasteiger partial charge in [0.15, 0.2) is 5.13 Å². The van der Waals surface area contributed by atoms with Gasteiger partial charge in [0, 0.05) is 23.0 Å². The SMILES string of the molecule is O=C1C(=O)N(c2nc3ccc(C(=O)O)cc3s2)C(c2cccnc2)/C1=C(\O)c1cccc(Cl)c1. The highest BCUT2D eigenvalue weighted by Crippen LogP contribution is 2.44. The quantitative estimate of drug-likeness (QED) is 0.242. The molecule has 1 amide bonds. The lowest BCUT2D eigenvalue weighted by Crippen LogP contribution is -2.29. The number of thiazole rings is 1. The molecule has 1 atom stereocenters. The molecule has 0 radical (unpaired) electrons. The summed E-state index contributed by atoms with van der Waals surface area (Å²) >= 11 is 7.14.